The topological polar surface area (TPSA) is 76.9 Å². The lowest BCUT2D eigenvalue weighted by Gasteiger charge is -2.10. The largest absolute Gasteiger partial charge is 0.324 e. The van der Waals surface area contributed by atoms with E-state index in [1.54, 1.807) is 18.2 Å². The van der Waals surface area contributed by atoms with Crippen LogP contribution in [-0.2, 0) is 9.59 Å². The molecule has 1 heterocycles. The van der Waals surface area contributed by atoms with Crippen LogP contribution in [0.5, 0.6) is 0 Å². The summed E-state index contributed by atoms with van der Waals surface area (Å²) in [7, 11) is 0. The monoisotopic (exact) mass is 278 g/mol. The number of hydrogen-bond acceptors (Lipinski definition) is 4. The van der Waals surface area contributed by atoms with Gasteiger partial charge in [-0.3, -0.25) is 9.59 Å². The number of rotatable bonds is 4. The first-order valence-corrected chi connectivity index (χ1v) is 5.88. The van der Waals surface area contributed by atoms with Gasteiger partial charge in [0.2, 0.25) is 5.91 Å². The van der Waals surface area contributed by atoms with Gasteiger partial charge in [0.25, 0.3) is 0 Å². The lowest BCUT2D eigenvalue weighted by molar-refractivity contribution is -0.124. The van der Waals surface area contributed by atoms with Crippen molar-refractivity contribution in [3.05, 3.63) is 35.9 Å². The summed E-state index contributed by atoms with van der Waals surface area (Å²) in [6.07, 6.45) is 2.71. The molecular formula is C12H11ClN4O2. The van der Waals surface area contributed by atoms with Gasteiger partial charge >= 0.3 is 0 Å². The molecule has 0 fully saturated rings. The predicted molar refractivity (Wildman–Crippen MR) is 70.3 cm³/mol. The molecule has 1 amide bonds. The Labute approximate surface area is 114 Å². The van der Waals surface area contributed by atoms with Crippen molar-refractivity contribution in [2.75, 3.05) is 5.32 Å². The van der Waals surface area contributed by atoms with Gasteiger partial charge in [-0.2, -0.15) is 5.10 Å². The third kappa shape index (κ3) is 3.38. The van der Waals surface area contributed by atoms with Crippen LogP contribution < -0.4 is 5.32 Å². The van der Waals surface area contributed by atoms with E-state index in [4.69, 9.17) is 11.6 Å². The number of carbonyl (C=O) groups excluding carboxylic acids is 2. The van der Waals surface area contributed by atoms with E-state index < -0.39 is 5.91 Å². The molecule has 1 aromatic carbocycles. The number of Topliss-reactive ketones (excluding diaryl/α,β-unsaturated/α-hetero) is 1. The summed E-state index contributed by atoms with van der Waals surface area (Å²) in [6.45, 7) is 1.36. The summed E-state index contributed by atoms with van der Waals surface area (Å²) in [5.41, 5.74) is 1.10. The van der Waals surface area contributed by atoms with Crippen LogP contribution >= 0.6 is 11.6 Å². The van der Waals surface area contributed by atoms with E-state index in [0.717, 1.165) is 0 Å². The number of hydrogen-bond donors (Lipinski definition) is 1. The Morgan fingerprint density at radius 1 is 1.42 bits per heavy atom. The molecule has 0 atom stereocenters. The van der Waals surface area contributed by atoms with Crippen molar-refractivity contribution in [3.8, 4) is 5.69 Å². The Morgan fingerprint density at radius 3 is 2.84 bits per heavy atom. The molecule has 2 rings (SSSR count). The normalized spacial score (nSPS) is 10.2. The molecule has 0 saturated heterocycles. The van der Waals surface area contributed by atoms with Gasteiger partial charge in [-0.25, -0.2) is 9.67 Å². The summed E-state index contributed by atoms with van der Waals surface area (Å²) in [4.78, 5) is 26.4. The van der Waals surface area contributed by atoms with Gasteiger partial charge in [-0.05, 0) is 25.1 Å². The number of nitrogens with one attached hydrogen (secondary N) is 1. The van der Waals surface area contributed by atoms with Crippen LogP contribution in [0.4, 0.5) is 5.69 Å². The van der Waals surface area contributed by atoms with E-state index >= 15 is 0 Å². The zero-order chi connectivity index (χ0) is 13.8. The second kappa shape index (κ2) is 5.62. The summed E-state index contributed by atoms with van der Waals surface area (Å²) >= 11 is 5.90. The van der Waals surface area contributed by atoms with E-state index in [9.17, 15) is 9.59 Å². The molecule has 0 aliphatic heterocycles. The Morgan fingerprint density at radius 2 is 2.21 bits per heavy atom. The number of aromatic nitrogens is 3. The lowest BCUT2D eigenvalue weighted by Crippen LogP contribution is -2.16. The molecular weight excluding hydrogens is 268 g/mol. The van der Waals surface area contributed by atoms with E-state index in [1.807, 2.05) is 0 Å². The molecule has 0 aliphatic rings. The maximum Gasteiger partial charge on any atom is 0.231 e. The van der Waals surface area contributed by atoms with Gasteiger partial charge in [0.15, 0.2) is 0 Å². The standard InChI is InChI=1S/C12H11ClN4O2/c1-8(18)4-12(19)16-10-5-9(13)2-3-11(10)17-7-14-6-15-17/h2-3,5-7H,4H2,1H3,(H,16,19). The smallest absolute Gasteiger partial charge is 0.231 e. The van der Waals surface area contributed by atoms with Gasteiger partial charge in [-0.15, -0.1) is 0 Å². The Bertz CT molecular complexity index is 610. The minimum absolute atomic E-state index is 0.177. The van der Waals surface area contributed by atoms with Crippen molar-refractivity contribution < 1.29 is 9.59 Å². The Kier molecular flexibility index (Phi) is 3.91. The van der Waals surface area contributed by atoms with Crippen molar-refractivity contribution in [2.24, 2.45) is 0 Å². The highest BCUT2D eigenvalue weighted by molar-refractivity contribution is 6.31. The van der Waals surface area contributed by atoms with Crippen molar-refractivity contribution in [2.45, 2.75) is 13.3 Å². The fraction of sp³-hybridized carbons (Fsp3) is 0.167. The number of anilines is 1. The van der Waals surface area contributed by atoms with Crippen LogP contribution in [0.25, 0.3) is 5.69 Å². The molecule has 0 saturated carbocycles. The van der Waals surface area contributed by atoms with E-state index in [0.29, 0.717) is 16.4 Å². The van der Waals surface area contributed by atoms with Gasteiger partial charge in [0, 0.05) is 5.02 Å². The zero-order valence-corrected chi connectivity index (χ0v) is 10.9. The Hall–Kier alpha value is -2.21. The van der Waals surface area contributed by atoms with Gasteiger partial charge in [0.1, 0.15) is 18.4 Å². The molecule has 7 heteroatoms. The molecule has 0 spiro atoms. The fourth-order valence-corrected chi connectivity index (χ4v) is 1.73. The maximum absolute atomic E-state index is 11.6. The third-order valence-corrected chi connectivity index (χ3v) is 2.54. The molecule has 0 aliphatic carbocycles. The van der Waals surface area contributed by atoms with Crippen molar-refractivity contribution in [1.29, 1.82) is 0 Å². The van der Waals surface area contributed by atoms with Crippen LogP contribution in [0.1, 0.15) is 13.3 Å². The van der Waals surface area contributed by atoms with E-state index in [1.165, 1.54) is 24.3 Å². The number of amides is 1. The molecule has 1 aromatic heterocycles. The van der Waals surface area contributed by atoms with Crippen LogP contribution in [0.15, 0.2) is 30.9 Å². The quantitative estimate of drug-likeness (QED) is 0.866. The summed E-state index contributed by atoms with van der Waals surface area (Å²) in [5.74, 6) is -0.599. The maximum atomic E-state index is 11.6. The number of ketones is 1. The second-order valence-corrected chi connectivity index (χ2v) is 4.36. The van der Waals surface area contributed by atoms with E-state index in [2.05, 4.69) is 15.4 Å². The number of halogens is 1. The highest BCUT2D eigenvalue weighted by Crippen LogP contribution is 2.24. The predicted octanol–water partition coefficient (Wildman–Crippen LogP) is 1.84. The lowest BCUT2D eigenvalue weighted by atomic mass is 10.2. The SMILES string of the molecule is CC(=O)CC(=O)Nc1cc(Cl)ccc1-n1cncn1. The van der Waals surface area contributed by atoms with Crippen molar-refractivity contribution >= 4 is 29.0 Å². The molecule has 6 nitrogen and oxygen atoms in total. The molecule has 0 bridgehead atoms. The first-order chi connectivity index (χ1) is 9.06. The van der Waals surface area contributed by atoms with Crippen molar-refractivity contribution in [3.63, 3.8) is 0 Å². The van der Waals surface area contributed by atoms with E-state index in [-0.39, 0.29) is 12.2 Å². The number of nitrogens with zero attached hydrogens (tertiary/aromatic N) is 3. The molecule has 0 unspecified atom stereocenters. The van der Waals surface area contributed by atoms with Gasteiger partial charge < -0.3 is 5.32 Å². The van der Waals surface area contributed by atoms with Crippen LogP contribution in [0.3, 0.4) is 0 Å². The number of carbonyl (C=O) groups is 2. The second-order valence-electron chi connectivity index (χ2n) is 3.93. The molecule has 0 radical (unpaired) electrons. The average molecular weight is 279 g/mol. The van der Waals surface area contributed by atoms with Crippen LogP contribution in [-0.4, -0.2) is 26.5 Å². The summed E-state index contributed by atoms with van der Waals surface area (Å²) in [6, 6.07) is 4.98. The number of benzene rings is 1. The first-order valence-electron chi connectivity index (χ1n) is 5.50. The molecule has 98 valence electrons. The third-order valence-electron chi connectivity index (χ3n) is 2.31. The Balaban J connectivity index is 2.30. The molecule has 2 aromatic rings. The highest BCUT2D eigenvalue weighted by Gasteiger charge is 2.11. The average Bonchev–Trinajstić information content (AvgIpc) is 2.81. The first kappa shape index (κ1) is 13.2. The van der Waals surface area contributed by atoms with Crippen molar-refractivity contribution in [1.82, 2.24) is 14.8 Å². The summed E-state index contributed by atoms with van der Waals surface area (Å²) < 4.78 is 1.50. The highest BCUT2D eigenvalue weighted by atomic mass is 35.5. The summed E-state index contributed by atoms with van der Waals surface area (Å²) in [5, 5.41) is 7.10. The molecule has 1 N–H and O–H groups in total. The minimum Gasteiger partial charge on any atom is -0.324 e. The van der Waals surface area contributed by atoms with Crippen LogP contribution in [0.2, 0.25) is 5.02 Å². The molecule has 19 heavy (non-hydrogen) atoms. The van der Waals surface area contributed by atoms with Gasteiger partial charge in [0.05, 0.1) is 17.8 Å². The van der Waals surface area contributed by atoms with Crippen LogP contribution in [0, 0.1) is 0 Å². The minimum atomic E-state index is -0.392. The van der Waals surface area contributed by atoms with Gasteiger partial charge in [-0.1, -0.05) is 11.6 Å². The zero-order valence-electron chi connectivity index (χ0n) is 10.1. The fourth-order valence-electron chi connectivity index (χ4n) is 1.56.